The first-order valence-electron chi connectivity index (χ1n) is 7.69. The summed E-state index contributed by atoms with van der Waals surface area (Å²) < 4.78 is 20.6. The molecular weight excluding hydrogens is 276 g/mol. The molecule has 1 rings (SSSR count). The van der Waals surface area contributed by atoms with Crippen molar-refractivity contribution in [1.82, 2.24) is 0 Å². The summed E-state index contributed by atoms with van der Waals surface area (Å²) in [6.07, 6.45) is 4.24. The Balaban J connectivity index is 2.04. The van der Waals surface area contributed by atoms with E-state index in [0.717, 1.165) is 19.3 Å². The summed E-state index contributed by atoms with van der Waals surface area (Å²) >= 11 is 0. The number of rotatable bonds is 10. The molecule has 0 radical (unpaired) electrons. The number of unbranched alkanes of at least 4 members (excludes halogenated alkanes) is 1. The fraction of sp³-hybridized carbons (Fsp3) is 0.867. The van der Waals surface area contributed by atoms with Crippen LogP contribution in [0.15, 0.2) is 0 Å². The standard InChI is InChI=1S/C15H26O6/c1-3-7-14(18-2)20-12(16)8-4-5-9-13(17)21-15-10-6-11-19-15/h14-15H,3-11H2,1-2H3. The zero-order valence-corrected chi connectivity index (χ0v) is 13.0. The fourth-order valence-electron chi connectivity index (χ4n) is 2.05. The number of ether oxygens (including phenoxy) is 4. The first-order valence-corrected chi connectivity index (χ1v) is 7.69. The molecule has 21 heavy (non-hydrogen) atoms. The van der Waals surface area contributed by atoms with Gasteiger partial charge in [0, 0.05) is 32.8 Å². The van der Waals surface area contributed by atoms with Crippen LogP contribution in [0, 0.1) is 0 Å². The third-order valence-electron chi connectivity index (χ3n) is 3.21. The van der Waals surface area contributed by atoms with Gasteiger partial charge in [0.25, 0.3) is 0 Å². The van der Waals surface area contributed by atoms with E-state index in [1.54, 1.807) is 0 Å². The summed E-state index contributed by atoms with van der Waals surface area (Å²) in [7, 11) is 1.52. The average molecular weight is 302 g/mol. The molecule has 6 nitrogen and oxygen atoms in total. The third kappa shape index (κ3) is 8.02. The van der Waals surface area contributed by atoms with Gasteiger partial charge < -0.3 is 18.9 Å². The lowest BCUT2D eigenvalue weighted by Crippen LogP contribution is -2.20. The summed E-state index contributed by atoms with van der Waals surface area (Å²) in [6, 6.07) is 0. The van der Waals surface area contributed by atoms with Gasteiger partial charge in [0.2, 0.25) is 12.6 Å². The minimum Gasteiger partial charge on any atom is -0.436 e. The third-order valence-corrected chi connectivity index (χ3v) is 3.21. The van der Waals surface area contributed by atoms with Gasteiger partial charge >= 0.3 is 11.9 Å². The minimum atomic E-state index is -0.466. The highest BCUT2D eigenvalue weighted by Crippen LogP contribution is 2.14. The predicted molar refractivity (Wildman–Crippen MR) is 75.3 cm³/mol. The predicted octanol–water partition coefficient (Wildman–Crippen LogP) is 2.54. The molecular formula is C15H26O6. The summed E-state index contributed by atoms with van der Waals surface area (Å²) in [5.41, 5.74) is 0. The van der Waals surface area contributed by atoms with Gasteiger partial charge in [0.05, 0.1) is 6.61 Å². The molecule has 122 valence electrons. The topological polar surface area (TPSA) is 71.1 Å². The Morgan fingerprint density at radius 2 is 1.95 bits per heavy atom. The van der Waals surface area contributed by atoms with E-state index in [4.69, 9.17) is 18.9 Å². The minimum absolute atomic E-state index is 0.268. The summed E-state index contributed by atoms with van der Waals surface area (Å²) in [5, 5.41) is 0. The second kappa shape index (κ2) is 10.6. The maximum Gasteiger partial charge on any atom is 0.308 e. The van der Waals surface area contributed by atoms with Crippen LogP contribution in [0.3, 0.4) is 0 Å². The maximum absolute atomic E-state index is 11.6. The van der Waals surface area contributed by atoms with Crippen LogP contribution in [-0.2, 0) is 28.5 Å². The lowest BCUT2D eigenvalue weighted by Gasteiger charge is -2.15. The summed E-state index contributed by atoms with van der Waals surface area (Å²) in [6.45, 7) is 2.65. The lowest BCUT2D eigenvalue weighted by atomic mass is 10.2. The Bertz CT molecular complexity index is 311. The van der Waals surface area contributed by atoms with Gasteiger partial charge in [-0.15, -0.1) is 0 Å². The monoisotopic (exact) mass is 302 g/mol. The Labute approximate surface area is 126 Å². The molecule has 0 N–H and O–H groups in total. The molecule has 0 aromatic carbocycles. The van der Waals surface area contributed by atoms with Gasteiger partial charge in [-0.05, 0) is 19.3 Å². The van der Waals surface area contributed by atoms with E-state index >= 15 is 0 Å². The number of carbonyl (C=O) groups is 2. The molecule has 0 aromatic rings. The molecule has 1 aliphatic rings. The van der Waals surface area contributed by atoms with Crippen molar-refractivity contribution in [3.8, 4) is 0 Å². The van der Waals surface area contributed by atoms with Gasteiger partial charge in [-0.1, -0.05) is 13.3 Å². The van der Waals surface area contributed by atoms with Gasteiger partial charge in [-0.25, -0.2) is 0 Å². The molecule has 6 heteroatoms. The molecule has 1 aliphatic heterocycles. The number of esters is 2. The van der Waals surface area contributed by atoms with Crippen molar-refractivity contribution in [3.63, 3.8) is 0 Å². The molecule has 1 fully saturated rings. The molecule has 0 aliphatic carbocycles. The highest BCUT2D eigenvalue weighted by atomic mass is 16.7. The molecule has 1 heterocycles. The number of hydrogen-bond acceptors (Lipinski definition) is 6. The smallest absolute Gasteiger partial charge is 0.308 e. The van der Waals surface area contributed by atoms with Crippen molar-refractivity contribution in [2.45, 2.75) is 70.9 Å². The largest absolute Gasteiger partial charge is 0.436 e. The molecule has 0 amide bonds. The van der Waals surface area contributed by atoms with Crippen molar-refractivity contribution in [2.75, 3.05) is 13.7 Å². The zero-order valence-electron chi connectivity index (χ0n) is 13.0. The second-order valence-electron chi connectivity index (χ2n) is 5.08. The highest BCUT2D eigenvalue weighted by Gasteiger charge is 2.19. The van der Waals surface area contributed by atoms with E-state index in [-0.39, 0.29) is 24.6 Å². The van der Waals surface area contributed by atoms with Gasteiger partial charge in [-0.2, -0.15) is 0 Å². The van der Waals surface area contributed by atoms with Crippen LogP contribution in [0.25, 0.3) is 0 Å². The van der Waals surface area contributed by atoms with Crippen LogP contribution in [-0.4, -0.2) is 38.2 Å². The van der Waals surface area contributed by atoms with Crippen LogP contribution >= 0.6 is 0 Å². The molecule has 0 spiro atoms. The van der Waals surface area contributed by atoms with Crippen LogP contribution in [0.4, 0.5) is 0 Å². The van der Waals surface area contributed by atoms with E-state index in [1.807, 2.05) is 6.92 Å². The first kappa shape index (κ1) is 17.9. The zero-order chi connectivity index (χ0) is 15.5. The Kier molecular flexibility index (Phi) is 9.01. The lowest BCUT2D eigenvalue weighted by molar-refractivity contribution is -0.175. The SMILES string of the molecule is CCCC(OC)OC(=O)CCCCC(=O)OC1CCCO1. The van der Waals surface area contributed by atoms with Crippen LogP contribution < -0.4 is 0 Å². The first-order chi connectivity index (χ1) is 10.2. The molecule has 0 bridgehead atoms. The van der Waals surface area contributed by atoms with E-state index in [9.17, 15) is 9.59 Å². The molecule has 2 unspecified atom stereocenters. The molecule has 1 saturated heterocycles. The molecule has 2 atom stereocenters. The number of hydrogen-bond donors (Lipinski definition) is 0. The Morgan fingerprint density at radius 1 is 1.24 bits per heavy atom. The second-order valence-corrected chi connectivity index (χ2v) is 5.08. The van der Waals surface area contributed by atoms with E-state index in [1.165, 1.54) is 7.11 Å². The van der Waals surface area contributed by atoms with E-state index < -0.39 is 6.29 Å². The van der Waals surface area contributed by atoms with E-state index in [2.05, 4.69) is 0 Å². The van der Waals surface area contributed by atoms with E-state index in [0.29, 0.717) is 32.3 Å². The summed E-state index contributed by atoms with van der Waals surface area (Å²) in [5.74, 6) is -0.557. The summed E-state index contributed by atoms with van der Waals surface area (Å²) in [4.78, 5) is 23.1. The average Bonchev–Trinajstić information content (AvgIpc) is 2.96. The van der Waals surface area contributed by atoms with Crippen molar-refractivity contribution < 1.29 is 28.5 Å². The maximum atomic E-state index is 11.6. The molecule has 0 aromatic heterocycles. The Morgan fingerprint density at radius 3 is 2.52 bits per heavy atom. The van der Waals surface area contributed by atoms with Gasteiger partial charge in [0.1, 0.15) is 0 Å². The van der Waals surface area contributed by atoms with Crippen molar-refractivity contribution in [1.29, 1.82) is 0 Å². The Hall–Kier alpha value is -1.14. The normalized spacial score (nSPS) is 19.2. The molecule has 0 saturated carbocycles. The van der Waals surface area contributed by atoms with Crippen LogP contribution in [0.1, 0.15) is 58.3 Å². The van der Waals surface area contributed by atoms with Gasteiger partial charge in [0.15, 0.2) is 0 Å². The van der Waals surface area contributed by atoms with Gasteiger partial charge in [-0.3, -0.25) is 9.59 Å². The fourth-order valence-corrected chi connectivity index (χ4v) is 2.05. The highest BCUT2D eigenvalue weighted by molar-refractivity contribution is 5.70. The van der Waals surface area contributed by atoms with Crippen molar-refractivity contribution in [3.05, 3.63) is 0 Å². The number of carbonyl (C=O) groups excluding carboxylic acids is 2. The quantitative estimate of drug-likeness (QED) is 0.351. The van der Waals surface area contributed by atoms with Crippen LogP contribution in [0.5, 0.6) is 0 Å². The van der Waals surface area contributed by atoms with Crippen molar-refractivity contribution >= 4 is 11.9 Å². The number of methoxy groups -OCH3 is 1. The van der Waals surface area contributed by atoms with Crippen molar-refractivity contribution in [2.24, 2.45) is 0 Å². The van der Waals surface area contributed by atoms with Crippen LogP contribution in [0.2, 0.25) is 0 Å².